The normalized spacial score (nSPS) is 12.2. The van der Waals surface area contributed by atoms with Crippen LogP contribution in [0.2, 0.25) is 0 Å². The Hall–Kier alpha value is 0.0969. The fraction of sp³-hybridized carbons (Fsp3) is 1.00. The van der Waals surface area contributed by atoms with E-state index >= 15 is 0 Å². The van der Waals surface area contributed by atoms with E-state index in [-0.39, 0.29) is 0 Å². The second-order valence-corrected chi connectivity index (χ2v) is 3.51. The predicted octanol–water partition coefficient (Wildman–Crippen LogP) is 1.20. The van der Waals surface area contributed by atoms with Crippen molar-refractivity contribution in [2.75, 3.05) is 14.2 Å². The smallest absolute Gasteiger partial charge is 0.272 e. The van der Waals surface area contributed by atoms with Crippen molar-refractivity contribution in [3.05, 3.63) is 0 Å². The monoisotopic (exact) mass is 206 g/mol. The topological polar surface area (TPSA) is 27.7 Å². The zero-order chi connectivity index (χ0) is 10.2. The van der Waals surface area contributed by atoms with E-state index in [0.29, 0.717) is 10.5 Å². The Morgan fingerprint density at radius 1 is 1.08 bits per heavy atom. The lowest BCUT2D eigenvalue weighted by Crippen LogP contribution is -2.36. The number of hydrogen-bond acceptors (Lipinski definition) is 3. The van der Waals surface area contributed by atoms with Crippen molar-refractivity contribution >= 4 is 10.5 Å². The summed E-state index contributed by atoms with van der Waals surface area (Å²) in [5.41, 5.74) is 0. The van der Waals surface area contributed by atoms with Crippen molar-refractivity contribution in [2.45, 2.75) is 45.0 Å². The maximum absolute atomic E-state index is 5.31. The quantitative estimate of drug-likeness (QED) is 0.339. The van der Waals surface area contributed by atoms with E-state index in [1.807, 2.05) is 0 Å². The Labute approximate surface area is 84.3 Å². The highest BCUT2D eigenvalue weighted by Gasteiger charge is 2.27. The number of rotatable bonds is 8. The van der Waals surface area contributed by atoms with Crippen molar-refractivity contribution in [1.29, 1.82) is 0 Å². The third-order valence-corrected chi connectivity index (χ3v) is 2.89. The molecule has 0 bridgehead atoms. The molecule has 0 radical (unpaired) electrons. The van der Waals surface area contributed by atoms with Crippen molar-refractivity contribution in [3.63, 3.8) is 0 Å². The molecule has 0 atom stereocenters. The summed E-state index contributed by atoms with van der Waals surface area (Å²) in [4.78, 5) is 0. The minimum atomic E-state index is -0.764. The molecular weight excluding hydrogens is 184 g/mol. The van der Waals surface area contributed by atoms with Crippen LogP contribution in [0.5, 0.6) is 0 Å². The first-order valence-corrected chi connectivity index (χ1v) is 5.71. The van der Waals surface area contributed by atoms with Gasteiger partial charge < -0.3 is 13.9 Å². The van der Waals surface area contributed by atoms with Crippen LogP contribution < -0.4 is 0 Å². The molecule has 0 aromatic heterocycles. The summed E-state index contributed by atoms with van der Waals surface area (Å²) in [5, 5.41) is 0. The van der Waals surface area contributed by atoms with Crippen molar-refractivity contribution in [3.8, 4) is 0 Å². The fourth-order valence-electron chi connectivity index (χ4n) is 1.32. The van der Waals surface area contributed by atoms with Gasteiger partial charge in [0.2, 0.25) is 0 Å². The first-order chi connectivity index (χ1) is 6.24. The molecule has 4 heteroatoms. The Morgan fingerprint density at radius 3 is 2.08 bits per heavy atom. The molecule has 0 unspecified atom stereocenters. The SMILES string of the molecule is CCCCCCC(OC)(OC)O[SiH3]. The van der Waals surface area contributed by atoms with Crippen LogP contribution in [-0.4, -0.2) is 30.7 Å². The summed E-state index contributed by atoms with van der Waals surface area (Å²) in [5.74, 6) is -0.764. The van der Waals surface area contributed by atoms with E-state index in [1.54, 1.807) is 14.2 Å². The molecule has 80 valence electrons. The molecular formula is C9H22O3Si. The van der Waals surface area contributed by atoms with Gasteiger partial charge in [0.25, 0.3) is 5.97 Å². The molecule has 3 nitrogen and oxygen atoms in total. The summed E-state index contributed by atoms with van der Waals surface area (Å²) in [6.45, 7) is 2.20. The average Bonchev–Trinajstić information content (AvgIpc) is 2.20. The number of ether oxygens (including phenoxy) is 2. The van der Waals surface area contributed by atoms with Crippen molar-refractivity contribution in [2.24, 2.45) is 0 Å². The highest BCUT2D eigenvalue weighted by molar-refractivity contribution is 5.98. The minimum Gasteiger partial charge on any atom is -0.380 e. The lowest BCUT2D eigenvalue weighted by atomic mass is 10.1. The van der Waals surface area contributed by atoms with Crippen molar-refractivity contribution < 1.29 is 13.9 Å². The van der Waals surface area contributed by atoms with Gasteiger partial charge in [-0.2, -0.15) is 0 Å². The second-order valence-electron chi connectivity index (χ2n) is 3.11. The van der Waals surface area contributed by atoms with E-state index in [4.69, 9.17) is 13.9 Å². The van der Waals surface area contributed by atoms with Gasteiger partial charge in [-0.25, -0.2) is 0 Å². The van der Waals surface area contributed by atoms with E-state index in [2.05, 4.69) is 6.92 Å². The first kappa shape index (κ1) is 13.1. The van der Waals surface area contributed by atoms with Gasteiger partial charge in [-0.1, -0.05) is 26.2 Å². The molecule has 0 aliphatic carbocycles. The van der Waals surface area contributed by atoms with E-state index < -0.39 is 5.97 Å². The zero-order valence-electron chi connectivity index (χ0n) is 9.26. The van der Waals surface area contributed by atoms with Gasteiger partial charge in [0, 0.05) is 20.6 Å². The maximum Gasteiger partial charge on any atom is 0.272 e. The van der Waals surface area contributed by atoms with E-state index in [0.717, 1.165) is 12.8 Å². The van der Waals surface area contributed by atoms with Gasteiger partial charge in [0.1, 0.15) is 0 Å². The highest BCUT2D eigenvalue weighted by Crippen LogP contribution is 2.20. The number of methoxy groups -OCH3 is 2. The first-order valence-electron chi connectivity index (χ1n) is 4.90. The lowest BCUT2D eigenvalue weighted by Gasteiger charge is -2.29. The number of hydrogen-bond donors (Lipinski definition) is 0. The summed E-state index contributed by atoms with van der Waals surface area (Å²) < 4.78 is 15.7. The van der Waals surface area contributed by atoms with Gasteiger partial charge >= 0.3 is 0 Å². The molecule has 0 spiro atoms. The van der Waals surface area contributed by atoms with Gasteiger partial charge in [-0.15, -0.1) is 0 Å². The Morgan fingerprint density at radius 2 is 1.69 bits per heavy atom. The molecule has 0 heterocycles. The molecule has 13 heavy (non-hydrogen) atoms. The van der Waals surface area contributed by atoms with Crippen LogP contribution in [0.1, 0.15) is 39.0 Å². The maximum atomic E-state index is 5.31. The number of unbranched alkanes of at least 4 members (excludes halogenated alkanes) is 3. The Balaban J connectivity index is 3.68. The molecule has 0 aromatic carbocycles. The average molecular weight is 206 g/mol. The van der Waals surface area contributed by atoms with Crippen LogP contribution in [0.25, 0.3) is 0 Å². The zero-order valence-corrected chi connectivity index (χ0v) is 11.3. The molecule has 0 aromatic rings. The molecule has 0 N–H and O–H groups in total. The Bertz CT molecular complexity index is 107. The molecule has 0 saturated carbocycles. The van der Waals surface area contributed by atoms with Crippen LogP contribution >= 0.6 is 0 Å². The minimum absolute atomic E-state index is 0.635. The fourth-order valence-corrected chi connectivity index (χ4v) is 1.86. The third kappa shape index (κ3) is 4.76. The summed E-state index contributed by atoms with van der Waals surface area (Å²) in [6, 6.07) is 0. The summed E-state index contributed by atoms with van der Waals surface area (Å²) >= 11 is 0. The van der Waals surface area contributed by atoms with Crippen LogP contribution in [0.3, 0.4) is 0 Å². The largest absolute Gasteiger partial charge is 0.380 e. The third-order valence-electron chi connectivity index (χ3n) is 2.27. The van der Waals surface area contributed by atoms with E-state index in [1.165, 1.54) is 19.3 Å². The predicted molar refractivity (Wildman–Crippen MR) is 56.5 cm³/mol. The van der Waals surface area contributed by atoms with Gasteiger partial charge in [0.05, 0.1) is 0 Å². The molecule has 0 fully saturated rings. The van der Waals surface area contributed by atoms with Gasteiger partial charge in [-0.3, -0.25) is 0 Å². The van der Waals surface area contributed by atoms with Crippen LogP contribution in [-0.2, 0) is 13.9 Å². The molecule has 0 aliphatic rings. The summed E-state index contributed by atoms with van der Waals surface area (Å²) in [7, 11) is 3.89. The summed E-state index contributed by atoms with van der Waals surface area (Å²) in [6.07, 6.45) is 5.65. The Kier molecular flexibility index (Phi) is 7.55. The molecule has 0 aliphatic heterocycles. The molecule has 0 rings (SSSR count). The van der Waals surface area contributed by atoms with Crippen LogP contribution in [0, 0.1) is 0 Å². The van der Waals surface area contributed by atoms with Crippen molar-refractivity contribution in [1.82, 2.24) is 0 Å². The van der Waals surface area contributed by atoms with Gasteiger partial charge in [0.15, 0.2) is 10.5 Å². The standard InChI is InChI=1S/C9H22O3Si/c1-4-5-6-7-8-9(10-2,11-3)12-13/h4-8H2,1-3,13H3. The van der Waals surface area contributed by atoms with Crippen LogP contribution in [0.15, 0.2) is 0 Å². The highest BCUT2D eigenvalue weighted by atomic mass is 28.2. The van der Waals surface area contributed by atoms with Gasteiger partial charge in [-0.05, 0) is 6.42 Å². The van der Waals surface area contributed by atoms with Crippen LogP contribution in [0.4, 0.5) is 0 Å². The second kappa shape index (κ2) is 7.50. The lowest BCUT2D eigenvalue weighted by molar-refractivity contribution is -0.325. The molecule has 0 amide bonds. The van der Waals surface area contributed by atoms with E-state index in [9.17, 15) is 0 Å². The molecule has 0 saturated heterocycles.